The molecule has 1 aromatic heterocycles. The first-order valence-corrected chi connectivity index (χ1v) is 8.07. The average molecular weight is 344 g/mol. The van der Waals surface area contributed by atoms with Gasteiger partial charge in [0.1, 0.15) is 12.2 Å². The Hall–Kier alpha value is -1.52. The zero-order valence-electron chi connectivity index (χ0n) is 13.6. The van der Waals surface area contributed by atoms with E-state index in [0.29, 0.717) is 6.42 Å². The third-order valence-corrected chi connectivity index (χ3v) is 4.04. The lowest BCUT2D eigenvalue weighted by Gasteiger charge is -2.33. The molecular weight excluding hydrogens is 320 g/mol. The molecule has 0 spiro atoms. The Bertz CT molecular complexity index is 643. The standard InChI is InChI=1S/C15H24N2O7/c1-2-3-4-5-8-23-15(13(21)12(20)10(9-18)24-15)17-7-6-11(19)16-14(17)22/h6-7,10,12-13,18,20-21H,2-5,8-9H2,1H3,(H,16,19,22)/t10-,12-,13-,15-/m1/s1. The van der Waals surface area contributed by atoms with Gasteiger partial charge in [-0.15, -0.1) is 0 Å². The Morgan fingerprint density at radius 2 is 2.08 bits per heavy atom. The van der Waals surface area contributed by atoms with Gasteiger partial charge in [0.2, 0.25) is 0 Å². The molecule has 0 saturated carbocycles. The number of unbranched alkanes of at least 4 members (excludes halogenated alkanes) is 3. The highest BCUT2D eigenvalue weighted by molar-refractivity contribution is 4.97. The molecule has 0 unspecified atom stereocenters. The van der Waals surface area contributed by atoms with Crippen molar-refractivity contribution in [3.8, 4) is 0 Å². The summed E-state index contributed by atoms with van der Waals surface area (Å²) < 4.78 is 12.0. The molecule has 136 valence electrons. The number of aliphatic hydroxyl groups excluding tert-OH is 3. The Morgan fingerprint density at radius 1 is 1.33 bits per heavy atom. The van der Waals surface area contributed by atoms with Crippen molar-refractivity contribution < 1.29 is 24.8 Å². The molecule has 1 aliphatic rings. The fourth-order valence-electron chi connectivity index (χ4n) is 2.72. The minimum Gasteiger partial charge on any atom is -0.394 e. The molecule has 1 fully saturated rings. The van der Waals surface area contributed by atoms with Crippen LogP contribution in [0.2, 0.25) is 0 Å². The van der Waals surface area contributed by atoms with Crippen LogP contribution in [0.5, 0.6) is 0 Å². The molecule has 2 rings (SSSR count). The van der Waals surface area contributed by atoms with Crippen molar-refractivity contribution in [2.75, 3.05) is 13.2 Å². The lowest BCUT2D eigenvalue weighted by Crippen LogP contribution is -2.53. The quantitative estimate of drug-likeness (QED) is 0.438. The maximum atomic E-state index is 12.1. The molecule has 2 heterocycles. The van der Waals surface area contributed by atoms with Crippen molar-refractivity contribution in [2.24, 2.45) is 0 Å². The second-order valence-electron chi connectivity index (χ2n) is 5.79. The lowest BCUT2D eigenvalue weighted by atomic mass is 10.1. The first kappa shape index (κ1) is 18.8. The first-order valence-electron chi connectivity index (χ1n) is 8.07. The normalized spacial score (nSPS) is 29.9. The number of nitrogens with zero attached hydrogens (tertiary/aromatic N) is 1. The van der Waals surface area contributed by atoms with Gasteiger partial charge in [-0.05, 0) is 6.42 Å². The SMILES string of the molecule is CCCCCCO[C@@]1(n2ccc(=O)[nH]c2=O)O[C@H](CO)[C@@H](O)[C@H]1O. The molecule has 4 atom stereocenters. The summed E-state index contributed by atoms with van der Waals surface area (Å²) in [4.78, 5) is 25.4. The molecule has 1 saturated heterocycles. The number of hydrogen-bond acceptors (Lipinski definition) is 7. The molecule has 4 N–H and O–H groups in total. The number of aromatic nitrogens is 2. The van der Waals surface area contributed by atoms with Crippen LogP contribution < -0.4 is 11.2 Å². The zero-order valence-corrected chi connectivity index (χ0v) is 13.6. The van der Waals surface area contributed by atoms with E-state index in [4.69, 9.17) is 9.47 Å². The van der Waals surface area contributed by atoms with Gasteiger partial charge in [-0.25, -0.2) is 9.36 Å². The highest BCUT2D eigenvalue weighted by atomic mass is 16.7. The summed E-state index contributed by atoms with van der Waals surface area (Å²) >= 11 is 0. The molecule has 0 amide bonds. The van der Waals surface area contributed by atoms with E-state index in [1.165, 1.54) is 0 Å². The van der Waals surface area contributed by atoms with E-state index < -0.39 is 42.1 Å². The van der Waals surface area contributed by atoms with Crippen molar-refractivity contribution in [3.05, 3.63) is 33.1 Å². The fraction of sp³-hybridized carbons (Fsp3) is 0.733. The number of aromatic amines is 1. The fourth-order valence-corrected chi connectivity index (χ4v) is 2.72. The van der Waals surface area contributed by atoms with E-state index >= 15 is 0 Å². The molecule has 0 aromatic carbocycles. The van der Waals surface area contributed by atoms with E-state index in [1.807, 2.05) is 0 Å². The van der Waals surface area contributed by atoms with Crippen molar-refractivity contribution >= 4 is 0 Å². The van der Waals surface area contributed by atoms with Crippen LogP contribution in [0.4, 0.5) is 0 Å². The molecule has 0 radical (unpaired) electrons. The number of aliphatic hydroxyl groups is 3. The third-order valence-electron chi connectivity index (χ3n) is 4.04. The smallest absolute Gasteiger partial charge is 0.332 e. The van der Waals surface area contributed by atoms with Crippen LogP contribution in [-0.2, 0) is 15.4 Å². The topological polar surface area (TPSA) is 134 Å². The van der Waals surface area contributed by atoms with Crippen LogP contribution >= 0.6 is 0 Å². The summed E-state index contributed by atoms with van der Waals surface area (Å²) in [6.07, 6.45) is 0.583. The molecule has 0 bridgehead atoms. The van der Waals surface area contributed by atoms with Crippen LogP contribution in [0.25, 0.3) is 0 Å². The zero-order chi connectivity index (χ0) is 17.7. The third kappa shape index (κ3) is 3.60. The Balaban J connectivity index is 2.31. The van der Waals surface area contributed by atoms with Crippen molar-refractivity contribution in [1.29, 1.82) is 0 Å². The molecule has 9 nitrogen and oxygen atoms in total. The Labute approximate surface area is 138 Å². The van der Waals surface area contributed by atoms with Gasteiger partial charge in [0, 0.05) is 12.3 Å². The Morgan fingerprint density at radius 3 is 2.67 bits per heavy atom. The maximum absolute atomic E-state index is 12.1. The average Bonchev–Trinajstić information content (AvgIpc) is 2.80. The van der Waals surface area contributed by atoms with Gasteiger partial charge in [-0.3, -0.25) is 9.78 Å². The monoisotopic (exact) mass is 344 g/mol. The summed E-state index contributed by atoms with van der Waals surface area (Å²) in [6.45, 7) is 1.68. The second-order valence-corrected chi connectivity index (χ2v) is 5.79. The second kappa shape index (κ2) is 8.04. The van der Waals surface area contributed by atoms with E-state index in [9.17, 15) is 24.9 Å². The van der Waals surface area contributed by atoms with Crippen LogP contribution in [0, 0.1) is 0 Å². The Kier molecular flexibility index (Phi) is 6.30. The lowest BCUT2D eigenvalue weighted by molar-refractivity contribution is -0.318. The van der Waals surface area contributed by atoms with Gasteiger partial charge in [-0.1, -0.05) is 26.2 Å². The molecule has 1 aromatic rings. The van der Waals surface area contributed by atoms with Gasteiger partial charge >= 0.3 is 5.69 Å². The summed E-state index contributed by atoms with van der Waals surface area (Å²) in [5.41, 5.74) is -1.46. The van der Waals surface area contributed by atoms with Crippen molar-refractivity contribution in [1.82, 2.24) is 9.55 Å². The summed E-state index contributed by atoms with van der Waals surface area (Å²) in [5, 5.41) is 29.7. The van der Waals surface area contributed by atoms with E-state index in [0.717, 1.165) is 36.1 Å². The predicted octanol–water partition coefficient (Wildman–Crippen LogP) is -1.14. The number of ether oxygens (including phenoxy) is 2. The highest BCUT2D eigenvalue weighted by Gasteiger charge is 2.57. The number of rotatable bonds is 8. The maximum Gasteiger partial charge on any atom is 0.332 e. The van der Waals surface area contributed by atoms with Crippen molar-refractivity contribution in [3.63, 3.8) is 0 Å². The highest BCUT2D eigenvalue weighted by Crippen LogP contribution is 2.36. The number of H-pyrrole nitrogens is 1. The molecule has 24 heavy (non-hydrogen) atoms. The minimum absolute atomic E-state index is 0.174. The minimum atomic E-state index is -2.00. The molecule has 9 heteroatoms. The predicted molar refractivity (Wildman–Crippen MR) is 83.4 cm³/mol. The summed E-state index contributed by atoms with van der Waals surface area (Å²) in [6, 6.07) is 1.08. The number of hydrogen-bond donors (Lipinski definition) is 4. The van der Waals surface area contributed by atoms with Gasteiger partial charge in [0.15, 0.2) is 6.10 Å². The molecule has 0 aliphatic carbocycles. The van der Waals surface area contributed by atoms with E-state index in [-0.39, 0.29) is 6.61 Å². The molecular formula is C15H24N2O7. The number of nitrogens with one attached hydrogen (secondary N) is 1. The largest absolute Gasteiger partial charge is 0.394 e. The summed E-state index contributed by atoms with van der Waals surface area (Å²) in [7, 11) is 0. The first-order chi connectivity index (χ1) is 11.5. The van der Waals surface area contributed by atoms with Crippen LogP contribution in [0.3, 0.4) is 0 Å². The van der Waals surface area contributed by atoms with Gasteiger partial charge < -0.3 is 24.8 Å². The van der Waals surface area contributed by atoms with Gasteiger partial charge in [-0.2, -0.15) is 0 Å². The summed E-state index contributed by atoms with van der Waals surface area (Å²) in [5.74, 6) is -2.00. The van der Waals surface area contributed by atoms with Crippen LogP contribution in [0.15, 0.2) is 21.9 Å². The van der Waals surface area contributed by atoms with Crippen LogP contribution in [0.1, 0.15) is 32.6 Å². The molecule has 1 aliphatic heterocycles. The van der Waals surface area contributed by atoms with Gasteiger partial charge in [0.25, 0.3) is 11.5 Å². The van der Waals surface area contributed by atoms with Crippen molar-refractivity contribution in [2.45, 2.75) is 56.8 Å². The van der Waals surface area contributed by atoms with Gasteiger partial charge in [0.05, 0.1) is 13.2 Å². The van der Waals surface area contributed by atoms with E-state index in [1.54, 1.807) is 0 Å². The van der Waals surface area contributed by atoms with E-state index in [2.05, 4.69) is 11.9 Å². The van der Waals surface area contributed by atoms with Crippen LogP contribution in [-0.4, -0.2) is 56.4 Å².